The number of halogens is 1. The van der Waals surface area contributed by atoms with Gasteiger partial charge in [-0.3, -0.25) is 4.79 Å². The van der Waals surface area contributed by atoms with Crippen molar-refractivity contribution in [2.24, 2.45) is 0 Å². The van der Waals surface area contributed by atoms with Crippen LogP contribution in [0.4, 0.5) is 4.39 Å². The molecule has 0 aliphatic rings. The standard InChI is InChI=1S/C10H7FO/c11-10-7-2-1-5-9(10)6-3-4-8-12/h1-2,5,7-8H,6H2. The fourth-order valence-electron chi connectivity index (χ4n) is 0.830. The van der Waals surface area contributed by atoms with Crippen LogP contribution in [0.15, 0.2) is 24.3 Å². The largest absolute Gasteiger partial charge is 0.289 e. The molecule has 0 amide bonds. The monoisotopic (exact) mass is 162 g/mol. The van der Waals surface area contributed by atoms with Crippen LogP contribution in [0, 0.1) is 17.7 Å². The summed E-state index contributed by atoms with van der Waals surface area (Å²) in [7, 11) is 0. The van der Waals surface area contributed by atoms with E-state index in [9.17, 15) is 9.18 Å². The first-order chi connectivity index (χ1) is 5.84. The van der Waals surface area contributed by atoms with Crippen LogP contribution in [0.2, 0.25) is 0 Å². The molecule has 0 heterocycles. The van der Waals surface area contributed by atoms with Gasteiger partial charge in [-0.1, -0.05) is 24.1 Å². The minimum atomic E-state index is -0.280. The zero-order chi connectivity index (χ0) is 8.81. The number of hydrogen-bond donors (Lipinski definition) is 0. The highest BCUT2D eigenvalue weighted by Crippen LogP contribution is 2.05. The first kappa shape index (κ1) is 8.48. The van der Waals surface area contributed by atoms with Gasteiger partial charge in [-0.25, -0.2) is 4.39 Å². The molecule has 12 heavy (non-hydrogen) atoms. The lowest BCUT2D eigenvalue weighted by atomic mass is 10.1. The molecule has 0 saturated heterocycles. The van der Waals surface area contributed by atoms with E-state index in [1.54, 1.807) is 18.2 Å². The number of rotatable bonds is 1. The summed E-state index contributed by atoms with van der Waals surface area (Å²) in [5, 5.41) is 0. The maximum Gasteiger partial charge on any atom is 0.192 e. The smallest absolute Gasteiger partial charge is 0.192 e. The Bertz CT molecular complexity index is 333. The third kappa shape index (κ3) is 2.21. The molecule has 1 aromatic rings. The van der Waals surface area contributed by atoms with Crippen LogP contribution in [-0.4, -0.2) is 6.29 Å². The van der Waals surface area contributed by atoms with Crippen molar-refractivity contribution < 1.29 is 9.18 Å². The number of carbonyl (C=O) groups is 1. The number of benzene rings is 1. The maximum atomic E-state index is 12.9. The van der Waals surface area contributed by atoms with Gasteiger partial charge in [-0.15, -0.1) is 0 Å². The molecule has 2 heteroatoms. The van der Waals surface area contributed by atoms with Gasteiger partial charge in [-0.05, 0) is 17.6 Å². The van der Waals surface area contributed by atoms with Gasteiger partial charge in [0.05, 0.1) is 0 Å². The zero-order valence-corrected chi connectivity index (χ0v) is 6.38. The lowest BCUT2D eigenvalue weighted by Crippen LogP contribution is -1.86. The fourth-order valence-corrected chi connectivity index (χ4v) is 0.830. The van der Waals surface area contributed by atoms with Gasteiger partial charge in [0.15, 0.2) is 6.29 Å². The molecule has 0 fully saturated rings. The van der Waals surface area contributed by atoms with Crippen molar-refractivity contribution >= 4 is 6.29 Å². The quantitative estimate of drug-likeness (QED) is 0.452. The second kappa shape index (κ2) is 4.30. The summed E-state index contributed by atoms with van der Waals surface area (Å²) in [5.41, 5.74) is 0.520. The van der Waals surface area contributed by atoms with E-state index in [-0.39, 0.29) is 12.2 Å². The van der Waals surface area contributed by atoms with Gasteiger partial charge in [0.25, 0.3) is 0 Å². The molecule has 0 radical (unpaired) electrons. The minimum absolute atomic E-state index is 0.280. The lowest BCUT2D eigenvalue weighted by molar-refractivity contribution is -0.103. The van der Waals surface area contributed by atoms with Crippen LogP contribution in [0.3, 0.4) is 0 Å². The van der Waals surface area contributed by atoms with Crippen molar-refractivity contribution in [3.05, 3.63) is 35.6 Å². The normalized spacial score (nSPS) is 8.42. The predicted octanol–water partition coefficient (Wildman–Crippen LogP) is 1.57. The molecule has 60 valence electrons. The van der Waals surface area contributed by atoms with Crippen LogP contribution in [0.5, 0.6) is 0 Å². The Morgan fingerprint density at radius 1 is 1.42 bits per heavy atom. The first-order valence-corrected chi connectivity index (χ1v) is 3.50. The number of hydrogen-bond acceptors (Lipinski definition) is 1. The Morgan fingerprint density at radius 2 is 2.17 bits per heavy atom. The van der Waals surface area contributed by atoms with Crippen LogP contribution in [0.1, 0.15) is 5.56 Å². The number of aldehydes is 1. The summed E-state index contributed by atoms with van der Waals surface area (Å²) in [5.74, 6) is 4.48. The average Bonchev–Trinajstić information content (AvgIpc) is 2.09. The van der Waals surface area contributed by atoms with Crippen molar-refractivity contribution in [1.29, 1.82) is 0 Å². The van der Waals surface area contributed by atoms with E-state index in [4.69, 9.17) is 0 Å². The van der Waals surface area contributed by atoms with Crippen LogP contribution in [-0.2, 0) is 11.2 Å². The lowest BCUT2D eigenvalue weighted by Gasteiger charge is -1.94. The molecular formula is C10H7FO. The molecule has 0 aliphatic heterocycles. The van der Waals surface area contributed by atoms with E-state index >= 15 is 0 Å². The summed E-state index contributed by atoms with van der Waals surface area (Å²) < 4.78 is 12.9. The minimum Gasteiger partial charge on any atom is -0.289 e. The van der Waals surface area contributed by atoms with Crippen LogP contribution < -0.4 is 0 Å². The van der Waals surface area contributed by atoms with Crippen LogP contribution >= 0.6 is 0 Å². The van der Waals surface area contributed by atoms with E-state index in [0.717, 1.165) is 0 Å². The molecule has 0 atom stereocenters. The molecule has 0 aromatic heterocycles. The fraction of sp³-hybridized carbons (Fsp3) is 0.100. The number of carbonyl (C=O) groups excluding carboxylic acids is 1. The van der Waals surface area contributed by atoms with E-state index in [1.807, 2.05) is 0 Å². The summed E-state index contributed by atoms with van der Waals surface area (Å²) in [4.78, 5) is 9.81. The van der Waals surface area contributed by atoms with Crippen LogP contribution in [0.25, 0.3) is 0 Å². The molecule has 0 saturated carbocycles. The molecular weight excluding hydrogens is 155 g/mol. The van der Waals surface area contributed by atoms with E-state index in [0.29, 0.717) is 11.8 Å². The summed E-state index contributed by atoms with van der Waals surface area (Å²) >= 11 is 0. The van der Waals surface area contributed by atoms with Gasteiger partial charge < -0.3 is 0 Å². The van der Waals surface area contributed by atoms with Gasteiger partial charge >= 0.3 is 0 Å². The SMILES string of the molecule is O=CC#CCc1ccccc1F. The Labute approximate surface area is 70.2 Å². The highest BCUT2D eigenvalue weighted by atomic mass is 19.1. The summed E-state index contributed by atoms with van der Waals surface area (Å²) in [6.07, 6.45) is 0.784. The third-order valence-corrected chi connectivity index (χ3v) is 1.40. The van der Waals surface area contributed by atoms with Crippen molar-refractivity contribution in [2.75, 3.05) is 0 Å². The Hall–Kier alpha value is -1.62. The van der Waals surface area contributed by atoms with Crippen molar-refractivity contribution in [3.63, 3.8) is 0 Å². The molecule has 0 aliphatic carbocycles. The highest BCUT2D eigenvalue weighted by molar-refractivity contribution is 5.72. The molecule has 0 unspecified atom stereocenters. The second-order valence-corrected chi connectivity index (χ2v) is 2.21. The molecule has 0 N–H and O–H groups in total. The Balaban J connectivity index is 2.75. The molecule has 1 nitrogen and oxygen atoms in total. The molecule has 0 bridgehead atoms. The van der Waals surface area contributed by atoms with Gasteiger partial charge in [-0.2, -0.15) is 0 Å². The van der Waals surface area contributed by atoms with Crippen molar-refractivity contribution in [1.82, 2.24) is 0 Å². The second-order valence-electron chi connectivity index (χ2n) is 2.21. The average molecular weight is 162 g/mol. The molecule has 1 aromatic carbocycles. The third-order valence-electron chi connectivity index (χ3n) is 1.40. The molecule has 0 spiro atoms. The van der Waals surface area contributed by atoms with E-state index in [2.05, 4.69) is 11.8 Å². The molecule has 1 rings (SSSR count). The first-order valence-electron chi connectivity index (χ1n) is 3.50. The van der Waals surface area contributed by atoms with Gasteiger partial charge in [0.2, 0.25) is 0 Å². The Morgan fingerprint density at radius 3 is 2.83 bits per heavy atom. The van der Waals surface area contributed by atoms with Crippen molar-refractivity contribution in [2.45, 2.75) is 6.42 Å². The van der Waals surface area contributed by atoms with Gasteiger partial charge in [0.1, 0.15) is 5.82 Å². The van der Waals surface area contributed by atoms with E-state index in [1.165, 1.54) is 6.07 Å². The summed E-state index contributed by atoms with van der Waals surface area (Å²) in [6.45, 7) is 0. The topological polar surface area (TPSA) is 17.1 Å². The van der Waals surface area contributed by atoms with Gasteiger partial charge in [0, 0.05) is 6.42 Å². The Kier molecular flexibility index (Phi) is 3.04. The zero-order valence-electron chi connectivity index (χ0n) is 6.38. The maximum absolute atomic E-state index is 12.9. The van der Waals surface area contributed by atoms with E-state index < -0.39 is 0 Å². The summed E-state index contributed by atoms with van der Waals surface area (Å²) in [6, 6.07) is 6.37. The predicted molar refractivity (Wildman–Crippen MR) is 43.9 cm³/mol. The highest BCUT2D eigenvalue weighted by Gasteiger charge is 1.96. The van der Waals surface area contributed by atoms with Crippen molar-refractivity contribution in [3.8, 4) is 11.8 Å².